The molecule has 100 valence electrons. The van der Waals surface area contributed by atoms with Gasteiger partial charge in [-0.05, 0) is 36.9 Å². The van der Waals surface area contributed by atoms with E-state index in [9.17, 15) is 18.0 Å². The normalized spacial score (nSPS) is 12.6. The average molecular weight is 287 g/mol. The van der Waals surface area contributed by atoms with Gasteiger partial charge in [-0.15, -0.1) is 0 Å². The molecule has 0 aliphatic rings. The maximum atomic E-state index is 12.5. The van der Waals surface area contributed by atoms with Gasteiger partial charge in [0, 0.05) is 4.90 Å². The number of alkyl halides is 3. The van der Waals surface area contributed by atoms with E-state index in [0.717, 1.165) is 19.1 Å². The quantitative estimate of drug-likeness (QED) is 0.390. The van der Waals surface area contributed by atoms with Crippen molar-refractivity contribution in [3.8, 4) is 6.07 Å². The molecule has 0 saturated heterocycles. The van der Waals surface area contributed by atoms with Crippen molar-refractivity contribution >= 4 is 16.9 Å². The maximum absolute atomic E-state index is 12.5. The molecule has 0 unspecified atom stereocenters. The number of hydrogen-bond acceptors (Lipinski definition) is 4. The number of hydrogen-bond donors (Lipinski definition) is 1. The molecular weight excluding hydrogens is 279 g/mol. The van der Waals surface area contributed by atoms with E-state index in [0.29, 0.717) is 11.8 Å². The lowest BCUT2D eigenvalue weighted by Crippen LogP contribution is -2.05. The van der Waals surface area contributed by atoms with E-state index in [1.807, 2.05) is 0 Å². The molecule has 0 bridgehead atoms. The molecule has 0 amide bonds. The minimum absolute atomic E-state index is 0.0498. The molecule has 3 nitrogen and oxygen atoms in total. The van der Waals surface area contributed by atoms with Crippen LogP contribution < -0.4 is 0 Å². The molecule has 0 aromatic heterocycles. The van der Waals surface area contributed by atoms with Crippen LogP contribution in [-0.4, -0.2) is 10.2 Å². The topological polar surface area (TPSA) is 61.1 Å². The summed E-state index contributed by atoms with van der Waals surface area (Å²) in [6.45, 7) is 1.16. The number of allylic oxidation sites excluding steroid dienone is 1. The third-order valence-electron chi connectivity index (χ3n) is 2.05. The molecule has 0 heterocycles. The molecule has 1 rings (SSSR count). The van der Waals surface area contributed by atoms with Crippen molar-refractivity contribution in [3.63, 3.8) is 0 Å². The number of halogens is 3. The van der Waals surface area contributed by atoms with Gasteiger partial charge in [-0.1, -0.05) is 6.07 Å². The Morgan fingerprint density at radius 2 is 2.05 bits per heavy atom. The molecule has 0 aliphatic carbocycles. The van der Waals surface area contributed by atoms with Gasteiger partial charge in [-0.3, -0.25) is 4.79 Å². The predicted octanol–water partition coefficient (Wildman–Crippen LogP) is 3.68. The molecule has 7 heteroatoms. The highest BCUT2D eigenvalue weighted by atomic mass is 32.2. The van der Waals surface area contributed by atoms with Gasteiger partial charge in [0.1, 0.15) is 17.4 Å². The van der Waals surface area contributed by atoms with Crippen LogP contribution in [0.5, 0.6) is 0 Å². The van der Waals surface area contributed by atoms with Crippen molar-refractivity contribution in [1.82, 2.24) is 0 Å². The van der Waals surface area contributed by atoms with E-state index in [4.69, 9.17) is 10.4 Å². The molecule has 0 spiro atoms. The summed E-state index contributed by atoms with van der Waals surface area (Å²) in [5, 5.41) is 16.9. The summed E-state index contributed by atoms with van der Waals surface area (Å²) in [5.74, 6) is -0.466. The zero-order valence-electron chi connectivity index (χ0n) is 9.65. The van der Waals surface area contributed by atoms with Crippen LogP contribution in [-0.2, 0) is 11.0 Å². The van der Waals surface area contributed by atoms with Crippen LogP contribution in [0.1, 0.15) is 12.5 Å². The van der Waals surface area contributed by atoms with Gasteiger partial charge in [-0.25, -0.2) is 0 Å². The van der Waals surface area contributed by atoms with Gasteiger partial charge in [0.2, 0.25) is 5.12 Å². The largest absolute Gasteiger partial charge is 0.511 e. The van der Waals surface area contributed by atoms with Gasteiger partial charge in [-0.2, -0.15) is 18.4 Å². The number of thioether (sulfide) groups is 1. The van der Waals surface area contributed by atoms with Gasteiger partial charge in [0.15, 0.2) is 0 Å². The van der Waals surface area contributed by atoms with E-state index in [-0.39, 0.29) is 4.90 Å². The van der Waals surface area contributed by atoms with E-state index >= 15 is 0 Å². The summed E-state index contributed by atoms with van der Waals surface area (Å²) < 4.78 is 37.4. The molecule has 0 saturated carbocycles. The molecule has 0 fully saturated rings. The zero-order valence-corrected chi connectivity index (χ0v) is 10.5. The summed E-state index contributed by atoms with van der Waals surface area (Å²) in [7, 11) is 0. The Morgan fingerprint density at radius 1 is 1.42 bits per heavy atom. The molecule has 19 heavy (non-hydrogen) atoms. The fraction of sp³-hybridized carbons (Fsp3) is 0.167. The fourth-order valence-electron chi connectivity index (χ4n) is 1.17. The van der Waals surface area contributed by atoms with E-state index in [2.05, 4.69) is 0 Å². The summed E-state index contributed by atoms with van der Waals surface area (Å²) in [6.07, 6.45) is -4.50. The number of carbonyl (C=O) groups excluding carboxylic acids is 1. The molecular formula is C12H8F3NO2S. The Labute approximate surface area is 111 Å². The van der Waals surface area contributed by atoms with Crippen LogP contribution in [0.25, 0.3) is 0 Å². The van der Waals surface area contributed by atoms with Crippen LogP contribution in [0.3, 0.4) is 0 Å². The standard InChI is InChI=1S/C12H8F3NO2S/c1-7(17)10(6-16)11(18)19-9-4-2-3-8(5-9)12(13,14)15/h2-5,17H,1H3/b10-7-. The van der Waals surface area contributed by atoms with Gasteiger partial charge in [0.25, 0.3) is 0 Å². The van der Waals surface area contributed by atoms with Gasteiger partial charge >= 0.3 is 6.18 Å². The van der Waals surface area contributed by atoms with Crippen molar-refractivity contribution < 1.29 is 23.1 Å². The van der Waals surface area contributed by atoms with Gasteiger partial charge in [0.05, 0.1) is 5.56 Å². The number of rotatable bonds is 2. The molecule has 0 aliphatic heterocycles. The molecule has 1 aromatic rings. The Bertz CT molecular complexity index is 569. The van der Waals surface area contributed by atoms with E-state index in [1.54, 1.807) is 0 Å². The minimum Gasteiger partial charge on any atom is -0.511 e. The first-order valence-electron chi connectivity index (χ1n) is 4.95. The smallest absolute Gasteiger partial charge is 0.416 e. The van der Waals surface area contributed by atoms with Crippen molar-refractivity contribution in [2.45, 2.75) is 18.0 Å². The van der Waals surface area contributed by atoms with Crippen molar-refractivity contribution in [3.05, 3.63) is 41.2 Å². The van der Waals surface area contributed by atoms with Crippen molar-refractivity contribution in [2.24, 2.45) is 0 Å². The van der Waals surface area contributed by atoms with Crippen LogP contribution in [0, 0.1) is 11.3 Å². The maximum Gasteiger partial charge on any atom is 0.416 e. The third kappa shape index (κ3) is 4.03. The Balaban J connectivity index is 3.00. The van der Waals surface area contributed by atoms with Crippen LogP contribution in [0.15, 0.2) is 40.5 Å². The number of aliphatic hydroxyl groups excluding tert-OH is 1. The zero-order chi connectivity index (χ0) is 14.6. The second-order valence-corrected chi connectivity index (χ2v) is 4.53. The fourth-order valence-corrected chi connectivity index (χ4v) is 2.01. The highest BCUT2D eigenvalue weighted by Gasteiger charge is 2.30. The monoisotopic (exact) mass is 287 g/mol. The third-order valence-corrected chi connectivity index (χ3v) is 2.93. The summed E-state index contributed by atoms with van der Waals surface area (Å²) in [4.78, 5) is 11.6. The first-order chi connectivity index (χ1) is 8.75. The van der Waals surface area contributed by atoms with Crippen LogP contribution in [0.4, 0.5) is 13.2 Å². The van der Waals surface area contributed by atoms with Crippen LogP contribution >= 0.6 is 11.8 Å². The lowest BCUT2D eigenvalue weighted by Gasteiger charge is -2.07. The second kappa shape index (κ2) is 5.80. The number of carbonyl (C=O) groups is 1. The molecule has 1 N–H and O–H groups in total. The number of nitrogens with zero attached hydrogens (tertiary/aromatic N) is 1. The van der Waals surface area contributed by atoms with Crippen molar-refractivity contribution in [2.75, 3.05) is 0 Å². The highest BCUT2D eigenvalue weighted by molar-refractivity contribution is 8.14. The SMILES string of the molecule is C/C(O)=C(\C#N)C(=O)Sc1cccc(C(F)(F)F)c1. The molecule has 0 radical (unpaired) electrons. The van der Waals surface area contributed by atoms with Gasteiger partial charge < -0.3 is 5.11 Å². The predicted molar refractivity (Wildman–Crippen MR) is 63.2 cm³/mol. The highest BCUT2D eigenvalue weighted by Crippen LogP contribution is 2.32. The molecule has 1 aromatic carbocycles. The average Bonchev–Trinajstić information content (AvgIpc) is 2.28. The van der Waals surface area contributed by atoms with Crippen LogP contribution in [0.2, 0.25) is 0 Å². The molecule has 0 atom stereocenters. The number of benzene rings is 1. The minimum atomic E-state index is -4.50. The summed E-state index contributed by atoms with van der Waals surface area (Å²) in [6, 6.07) is 5.68. The number of aliphatic hydroxyl groups is 1. The summed E-state index contributed by atoms with van der Waals surface area (Å²) in [5.41, 5.74) is -1.36. The second-order valence-electron chi connectivity index (χ2n) is 3.49. The van der Waals surface area contributed by atoms with E-state index < -0.39 is 28.2 Å². The Kier molecular flexibility index (Phi) is 4.62. The first-order valence-corrected chi connectivity index (χ1v) is 5.76. The Morgan fingerprint density at radius 3 is 2.53 bits per heavy atom. The first kappa shape index (κ1) is 15.1. The lowest BCUT2D eigenvalue weighted by molar-refractivity contribution is -0.137. The lowest BCUT2D eigenvalue weighted by atomic mass is 10.2. The van der Waals surface area contributed by atoms with E-state index in [1.165, 1.54) is 18.2 Å². The van der Waals surface area contributed by atoms with Crippen molar-refractivity contribution in [1.29, 1.82) is 5.26 Å². The Hall–Kier alpha value is -1.94. The number of nitriles is 1. The summed E-state index contributed by atoms with van der Waals surface area (Å²) >= 11 is 0.456.